The zero-order valence-corrected chi connectivity index (χ0v) is 11.4. The highest BCUT2D eigenvalue weighted by atomic mass is 35.5. The minimum atomic E-state index is -3.05. The monoisotopic (exact) mass is 260 g/mol. The molecule has 0 saturated heterocycles. The predicted molar refractivity (Wildman–Crippen MR) is 68.7 cm³/mol. The zero-order chi connectivity index (χ0) is 12.4. The molecule has 0 aliphatic carbocycles. The number of rotatable bonds is 3. The van der Waals surface area contributed by atoms with Crippen LogP contribution in [0.25, 0.3) is 0 Å². The summed E-state index contributed by atoms with van der Waals surface area (Å²) in [6, 6.07) is 7.31. The molecule has 1 aromatic rings. The van der Waals surface area contributed by atoms with Gasteiger partial charge in [-0.05, 0) is 44.9 Å². The number of hydrogen-bond acceptors (Lipinski definition) is 2. The summed E-state index contributed by atoms with van der Waals surface area (Å²) in [5.74, 6) is 0.164. The molecule has 0 amide bonds. The molecule has 0 fully saturated rings. The lowest BCUT2D eigenvalue weighted by Crippen LogP contribution is -2.31. The van der Waals surface area contributed by atoms with Gasteiger partial charge in [-0.15, -0.1) is 0 Å². The Labute approximate surface area is 103 Å². The number of halogens is 1. The molecule has 0 aliphatic rings. The van der Waals surface area contributed by atoms with Crippen LogP contribution in [0, 0.1) is 0 Å². The SMILES string of the molecule is CC(C)(C)S(=O)(=O)CCc1cccc(Cl)c1. The van der Waals surface area contributed by atoms with Crippen LogP contribution in [0.3, 0.4) is 0 Å². The molecule has 1 rings (SSSR count). The van der Waals surface area contributed by atoms with Crippen molar-refractivity contribution in [1.29, 1.82) is 0 Å². The second kappa shape index (κ2) is 4.76. The highest BCUT2D eigenvalue weighted by Crippen LogP contribution is 2.18. The van der Waals surface area contributed by atoms with Crippen molar-refractivity contribution in [2.45, 2.75) is 31.9 Å². The minimum Gasteiger partial charge on any atom is -0.228 e. The van der Waals surface area contributed by atoms with Gasteiger partial charge >= 0.3 is 0 Å². The highest BCUT2D eigenvalue weighted by Gasteiger charge is 2.28. The maximum absolute atomic E-state index is 11.9. The Balaban J connectivity index is 2.73. The average Bonchev–Trinajstić information content (AvgIpc) is 2.13. The van der Waals surface area contributed by atoms with Gasteiger partial charge in [-0.1, -0.05) is 23.7 Å². The molecule has 0 saturated carbocycles. The van der Waals surface area contributed by atoms with Crippen LogP contribution in [-0.2, 0) is 16.3 Å². The van der Waals surface area contributed by atoms with Crippen molar-refractivity contribution in [3.8, 4) is 0 Å². The van der Waals surface area contributed by atoms with E-state index < -0.39 is 14.6 Å². The van der Waals surface area contributed by atoms with Crippen molar-refractivity contribution in [2.75, 3.05) is 5.75 Å². The molecule has 0 N–H and O–H groups in total. The Hall–Kier alpha value is -0.540. The zero-order valence-electron chi connectivity index (χ0n) is 9.83. The average molecular weight is 261 g/mol. The molecule has 0 spiro atoms. The quantitative estimate of drug-likeness (QED) is 0.837. The fourth-order valence-electron chi connectivity index (χ4n) is 1.25. The van der Waals surface area contributed by atoms with Gasteiger partial charge in [-0.2, -0.15) is 0 Å². The van der Waals surface area contributed by atoms with Gasteiger partial charge in [-0.25, -0.2) is 8.42 Å². The van der Waals surface area contributed by atoms with E-state index in [1.165, 1.54) is 0 Å². The topological polar surface area (TPSA) is 34.1 Å². The fraction of sp³-hybridized carbons (Fsp3) is 0.500. The maximum Gasteiger partial charge on any atom is 0.155 e. The summed E-state index contributed by atoms with van der Waals surface area (Å²) in [5.41, 5.74) is 0.959. The summed E-state index contributed by atoms with van der Waals surface area (Å²) in [5, 5.41) is 0.644. The molecular weight excluding hydrogens is 244 g/mol. The van der Waals surface area contributed by atoms with Crippen LogP contribution in [0.4, 0.5) is 0 Å². The van der Waals surface area contributed by atoms with Crippen LogP contribution in [0.15, 0.2) is 24.3 Å². The molecule has 0 aromatic heterocycles. The lowest BCUT2D eigenvalue weighted by atomic mass is 10.2. The molecule has 0 aliphatic heterocycles. The highest BCUT2D eigenvalue weighted by molar-refractivity contribution is 7.92. The Morgan fingerprint density at radius 1 is 1.25 bits per heavy atom. The number of sulfone groups is 1. The fourth-order valence-corrected chi connectivity index (χ4v) is 2.58. The Morgan fingerprint density at radius 2 is 1.88 bits per heavy atom. The first kappa shape index (κ1) is 13.5. The molecule has 0 radical (unpaired) electrons. The van der Waals surface area contributed by atoms with Crippen LogP contribution in [0.1, 0.15) is 26.3 Å². The van der Waals surface area contributed by atoms with Gasteiger partial charge < -0.3 is 0 Å². The summed E-state index contributed by atoms with van der Waals surface area (Å²) < 4.78 is 23.1. The van der Waals surface area contributed by atoms with E-state index in [1.54, 1.807) is 32.9 Å². The van der Waals surface area contributed by atoms with E-state index in [0.717, 1.165) is 5.56 Å². The first-order chi connectivity index (χ1) is 7.22. The largest absolute Gasteiger partial charge is 0.228 e. The summed E-state index contributed by atoms with van der Waals surface area (Å²) in [4.78, 5) is 0. The molecule has 0 bridgehead atoms. The number of aryl methyl sites for hydroxylation is 1. The molecule has 16 heavy (non-hydrogen) atoms. The Morgan fingerprint density at radius 3 is 2.38 bits per heavy atom. The van der Waals surface area contributed by atoms with Gasteiger partial charge in [0.05, 0.1) is 10.5 Å². The van der Waals surface area contributed by atoms with E-state index >= 15 is 0 Å². The molecule has 0 heterocycles. The van der Waals surface area contributed by atoms with E-state index in [-0.39, 0.29) is 5.75 Å². The third-order valence-electron chi connectivity index (χ3n) is 2.48. The van der Waals surface area contributed by atoms with E-state index in [9.17, 15) is 8.42 Å². The second-order valence-electron chi connectivity index (χ2n) is 4.81. The van der Waals surface area contributed by atoms with Crippen molar-refractivity contribution < 1.29 is 8.42 Å². The second-order valence-corrected chi connectivity index (χ2v) is 8.11. The normalized spacial score (nSPS) is 12.8. The summed E-state index contributed by atoms with van der Waals surface area (Å²) in [6.45, 7) is 5.17. The summed E-state index contributed by atoms with van der Waals surface area (Å²) >= 11 is 5.84. The minimum absolute atomic E-state index is 0.164. The van der Waals surface area contributed by atoms with Gasteiger partial charge in [-0.3, -0.25) is 0 Å². The van der Waals surface area contributed by atoms with Gasteiger partial charge in [0.15, 0.2) is 9.84 Å². The van der Waals surface area contributed by atoms with E-state index in [4.69, 9.17) is 11.6 Å². The van der Waals surface area contributed by atoms with Gasteiger partial charge in [0.1, 0.15) is 0 Å². The molecule has 2 nitrogen and oxygen atoms in total. The van der Waals surface area contributed by atoms with Crippen LogP contribution >= 0.6 is 11.6 Å². The van der Waals surface area contributed by atoms with Crippen molar-refractivity contribution in [3.05, 3.63) is 34.9 Å². The van der Waals surface area contributed by atoms with Crippen LogP contribution in [0.5, 0.6) is 0 Å². The maximum atomic E-state index is 11.9. The van der Waals surface area contributed by atoms with E-state index in [0.29, 0.717) is 11.4 Å². The van der Waals surface area contributed by atoms with Gasteiger partial charge in [0.25, 0.3) is 0 Å². The van der Waals surface area contributed by atoms with Crippen molar-refractivity contribution in [1.82, 2.24) is 0 Å². The third-order valence-corrected chi connectivity index (χ3v) is 5.32. The summed E-state index contributed by atoms with van der Waals surface area (Å²) in [6.07, 6.45) is 0.514. The van der Waals surface area contributed by atoms with Crippen molar-refractivity contribution in [3.63, 3.8) is 0 Å². The van der Waals surface area contributed by atoms with Crippen LogP contribution < -0.4 is 0 Å². The number of hydrogen-bond donors (Lipinski definition) is 0. The summed E-state index contributed by atoms with van der Waals surface area (Å²) in [7, 11) is -3.05. The predicted octanol–water partition coefficient (Wildman–Crippen LogP) is 3.10. The first-order valence-corrected chi connectivity index (χ1v) is 7.22. The Kier molecular flexibility index (Phi) is 4.02. The Bertz CT molecular complexity index is 458. The third kappa shape index (κ3) is 3.49. The molecule has 0 unspecified atom stereocenters. The molecule has 0 atom stereocenters. The standard InChI is InChI=1S/C12H17ClO2S/c1-12(2,3)16(14,15)8-7-10-5-4-6-11(13)9-10/h4-6,9H,7-8H2,1-3H3. The van der Waals surface area contributed by atoms with Gasteiger partial charge in [0.2, 0.25) is 0 Å². The van der Waals surface area contributed by atoms with Crippen molar-refractivity contribution in [2.24, 2.45) is 0 Å². The smallest absolute Gasteiger partial charge is 0.155 e. The van der Waals surface area contributed by atoms with Gasteiger partial charge in [0, 0.05) is 5.02 Å². The van der Waals surface area contributed by atoms with Crippen molar-refractivity contribution >= 4 is 21.4 Å². The molecular formula is C12H17ClO2S. The van der Waals surface area contributed by atoms with Crippen LogP contribution in [0.2, 0.25) is 5.02 Å². The molecule has 4 heteroatoms. The van der Waals surface area contributed by atoms with E-state index in [1.807, 2.05) is 12.1 Å². The van der Waals surface area contributed by atoms with Crippen LogP contribution in [-0.4, -0.2) is 18.9 Å². The van der Waals surface area contributed by atoms with E-state index in [2.05, 4.69) is 0 Å². The molecule has 1 aromatic carbocycles. The molecule has 90 valence electrons. The first-order valence-electron chi connectivity index (χ1n) is 5.19. The number of benzene rings is 1. The lowest BCUT2D eigenvalue weighted by Gasteiger charge is -2.18. The lowest BCUT2D eigenvalue weighted by molar-refractivity contribution is 0.559.